The Hall–Kier alpha value is -2.93. The molecule has 1 N–H and O–H groups in total. The number of carbonyl (C=O) groups excluding carboxylic acids is 3. The van der Waals surface area contributed by atoms with E-state index in [2.05, 4.69) is 4.98 Å². The van der Waals surface area contributed by atoms with Gasteiger partial charge in [0.15, 0.2) is 5.78 Å². The molecule has 1 saturated heterocycles. The first-order valence-electron chi connectivity index (χ1n) is 8.38. The summed E-state index contributed by atoms with van der Waals surface area (Å²) in [7, 11) is 0. The number of morpholine rings is 1. The third kappa shape index (κ3) is 4.00. The van der Waals surface area contributed by atoms with Gasteiger partial charge in [0.2, 0.25) is 6.10 Å². The van der Waals surface area contributed by atoms with Gasteiger partial charge in [0, 0.05) is 30.4 Å². The van der Waals surface area contributed by atoms with Crippen molar-refractivity contribution in [3.63, 3.8) is 0 Å². The van der Waals surface area contributed by atoms with Gasteiger partial charge < -0.3 is 19.4 Å². The summed E-state index contributed by atoms with van der Waals surface area (Å²) in [6.07, 6.45) is 0.395. The molecule has 0 unspecified atom stereocenters. The van der Waals surface area contributed by atoms with Crippen LogP contribution in [0.3, 0.4) is 0 Å². The first-order chi connectivity index (χ1) is 12.6. The van der Waals surface area contributed by atoms with Crippen molar-refractivity contribution in [3.05, 3.63) is 59.4 Å². The molecule has 2 heterocycles. The fourth-order valence-corrected chi connectivity index (χ4v) is 2.72. The van der Waals surface area contributed by atoms with E-state index in [4.69, 9.17) is 9.47 Å². The van der Waals surface area contributed by atoms with Crippen LogP contribution in [0, 0.1) is 0 Å². The number of esters is 1. The summed E-state index contributed by atoms with van der Waals surface area (Å²) < 4.78 is 10.8. The third-order valence-corrected chi connectivity index (χ3v) is 4.18. The van der Waals surface area contributed by atoms with Gasteiger partial charge in [-0.1, -0.05) is 30.3 Å². The topological polar surface area (TPSA) is 88.7 Å². The van der Waals surface area contributed by atoms with Crippen molar-refractivity contribution in [2.75, 3.05) is 26.3 Å². The normalized spacial score (nSPS) is 15.3. The number of carbonyl (C=O) groups is 3. The Morgan fingerprint density at radius 3 is 2.46 bits per heavy atom. The van der Waals surface area contributed by atoms with Gasteiger partial charge >= 0.3 is 5.97 Å². The fourth-order valence-electron chi connectivity index (χ4n) is 2.72. The summed E-state index contributed by atoms with van der Waals surface area (Å²) in [6.45, 7) is 3.24. The number of nitrogens with zero attached hydrogens (tertiary/aromatic N) is 1. The molecule has 136 valence electrons. The molecule has 0 bridgehead atoms. The molecule has 1 atom stereocenters. The quantitative estimate of drug-likeness (QED) is 0.654. The molecular weight excluding hydrogens is 336 g/mol. The monoisotopic (exact) mass is 356 g/mol. The maximum atomic E-state index is 12.9. The first-order valence-corrected chi connectivity index (χ1v) is 8.38. The molecule has 0 radical (unpaired) electrons. The molecule has 1 amide bonds. The Bertz CT molecular complexity index is 793. The number of hydrogen-bond donors (Lipinski definition) is 1. The Kier molecular flexibility index (Phi) is 5.48. The molecule has 0 aliphatic carbocycles. The van der Waals surface area contributed by atoms with E-state index in [1.165, 1.54) is 19.2 Å². The summed E-state index contributed by atoms with van der Waals surface area (Å²) in [5.74, 6) is -1.14. The van der Waals surface area contributed by atoms with Crippen molar-refractivity contribution >= 4 is 17.7 Å². The molecule has 1 aromatic carbocycles. The Balaban J connectivity index is 1.82. The average molecular weight is 356 g/mol. The van der Waals surface area contributed by atoms with Crippen LogP contribution in [0.15, 0.2) is 42.6 Å². The van der Waals surface area contributed by atoms with Crippen LogP contribution in [-0.4, -0.2) is 53.8 Å². The second-order valence-electron chi connectivity index (χ2n) is 5.99. The van der Waals surface area contributed by atoms with E-state index in [0.717, 1.165) is 0 Å². The number of Topliss-reactive ketones (excluding diaryl/α,β-unsaturated/α-hetero) is 1. The number of H-pyrrole nitrogens is 1. The van der Waals surface area contributed by atoms with Crippen molar-refractivity contribution in [2.45, 2.75) is 13.0 Å². The molecule has 1 aliphatic heterocycles. The molecule has 1 aromatic heterocycles. The fraction of sp³-hybridized carbons (Fsp3) is 0.316. The van der Waals surface area contributed by atoms with E-state index in [1.807, 2.05) is 6.07 Å². The lowest BCUT2D eigenvalue weighted by molar-refractivity contribution is -0.145. The van der Waals surface area contributed by atoms with E-state index in [0.29, 0.717) is 37.4 Å². The molecule has 7 nitrogen and oxygen atoms in total. The number of amides is 1. The smallest absolute Gasteiger partial charge is 0.355 e. The first kappa shape index (κ1) is 17.9. The number of rotatable bonds is 5. The highest BCUT2D eigenvalue weighted by atomic mass is 16.5. The number of ketones is 1. The second kappa shape index (κ2) is 7.97. The minimum Gasteiger partial charge on any atom is -0.443 e. The lowest BCUT2D eigenvalue weighted by Gasteiger charge is -2.30. The lowest BCUT2D eigenvalue weighted by atomic mass is 10.1. The maximum absolute atomic E-state index is 12.9. The average Bonchev–Trinajstić information content (AvgIpc) is 3.17. The standard InChI is InChI=1S/C19H20N2O5/c1-13(22)15-11-16(20-12-15)19(24)26-17(14-5-3-2-4-6-14)18(23)21-7-9-25-10-8-21/h2-6,11-12,17,20H,7-10H2,1H3/t17-/m0/s1. The molecule has 1 aliphatic rings. The van der Waals surface area contributed by atoms with Gasteiger partial charge in [-0.25, -0.2) is 4.79 Å². The van der Waals surface area contributed by atoms with Crippen LogP contribution >= 0.6 is 0 Å². The van der Waals surface area contributed by atoms with Crippen molar-refractivity contribution < 1.29 is 23.9 Å². The number of ether oxygens (including phenoxy) is 2. The van der Waals surface area contributed by atoms with Gasteiger partial charge in [-0.2, -0.15) is 0 Å². The van der Waals surface area contributed by atoms with E-state index < -0.39 is 12.1 Å². The summed E-state index contributed by atoms with van der Waals surface area (Å²) in [4.78, 5) is 41.1. The van der Waals surface area contributed by atoms with Crippen molar-refractivity contribution in [2.24, 2.45) is 0 Å². The molecule has 1 fully saturated rings. The van der Waals surface area contributed by atoms with Crippen molar-refractivity contribution in [1.29, 1.82) is 0 Å². The zero-order valence-electron chi connectivity index (χ0n) is 14.4. The van der Waals surface area contributed by atoms with E-state index in [9.17, 15) is 14.4 Å². The minimum absolute atomic E-state index is 0.130. The molecule has 7 heteroatoms. The highest BCUT2D eigenvalue weighted by Crippen LogP contribution is 2.22. The molecule has 26 heavy (non-hydrogen) atoms. The Morgan fingerprint density at radius 1 is 1.15 bits per heavy atom. The molecule has 2 aromatic rings. The van der Waals surface area contributed by atoms with Gasteiger partial charge in [-0.15, -0.1) is 0 Å². The second-order valence-corrected chi connectivity index (χ2v) is 5.99. The number of hydrogen-bond acceptors (Lipinski definition) is 5. The number of aromatic nitrogens is 1. The van der Waals surface area contributed by atoms with Crippen LogP contribution in [0.4, 0.5) is 0 Å². The van der Waals surface area contributed by atoms with Crippen LogP contribution < -0.4 is 0 Å². The van der Waals surface area contributed by atoms with Crippen molar-refractivity contribution in [3.8, 4) is 0 Å². The zero-order chi connectivity index (χ0) is 18.5. The van der Waals surface area contributed by atoms with Gasteiger partial charge in [-0.05, 0) is 13.0 Å². The molecule has 0 spiro atoms. The van der Waals surface area contributed by atoms with Crippen LogP contribution in [-0.2, 0) is 14.3 Å². The highest BCUT2D eigenvalue weighted by molar-refractivity contribution is 5.98. The van der Waals surface area contributed by atoms with Gasteiger partial charge in [-0.3, -0.25) is 9.59 Å². The molecule has 0 saturated carbocycles. The van der Waals surface area contributed by atoms with Gasteiger partial charge in [0.1, 0.15) is 5.69 Å². The van der Waals surface area contributed by atoms with E-state index >= 15 is 0 Å². The lowest BCUT2D eigenvalue weighted by Crippen LogP contribution is -2.44. The number of nitrogens with one attached hydrogen (secondary N) is 1. The maximum Gasteiger partial charge on any atom is 0.355 e. The van der Waals surface area contributed by atoms with Crippen LogP contribution in [0.25, 0.3) is 0 Å². The summed E-state index contributed by atoms with van der Waals surface area (Å²) in [5.41, 5.74) is 1.11. The van der Waals surface area contributed by atoms with E-state index in [1.54, 1.807) is 29.2 Å². The molecule has 3 rings (SSSR count). The summed E-state index contributed by atoms with van der Waals surface area (Å²) in [5, 5.41) is 0. The Labute approximate surface area is 150 Å². The van der Waals surface area contributed by atoms with Crippen LogP contribution in [0.2, 0.25) is 0 Å². The van der Waals surface area contributed by atoms with Gasteiger partial charge in [0.25, 0.3) is 5.91 Å². The highest BCUT2D eigenvalue weighted by Gasteiger charge is 2.31. The van der Waals surface area contributed by atoms with Crippen molar-refractivity contribution in [1.82, 2.24) is 9.88 Å². The third-order valence-electron chi connectivity index (χ3n) is 4.18. The van der Waals surface area contributed by atoms with Crippen LogP contribution in [0.5, 0.6) is 0 Å². The number of aromatic amines is 1. The predicted molar refractivity (Wildman–Crippen MR) is 92.8 cm³/mol. The largest absolute Gasteiger partial charge is 0.443 e. The number of benzene rings is 1. The Morgan fingerprint density at radius 2 is 1.85 bits per heavy atom. The zero-order valence-corrected chi connectivity index (χ0v) is 14.4. The predicted octanol–water partition coefficient (Wildman–Crippen LogP) is 1.97. The van der Waals surface area contributed by atoms with Gasteiger partial charge in [0.05, 0.1) is 13.2 Å². The summed E-state index contributed by atoms with van der Waals surface area (Å²) in [6, 6.07) is 10.3. The van der Waals surface area contributed by atoms with Crippen LogP contribution in [0.1, 0.15) is 39.4 Å². The minimum atomic E-state index is -1.05. The SMILES string of the molecule is CC(=O)c1c[nH]c(C(=O)O[C@H](C(=O)N2CCOCC2)c2ccccc2)c1. The molecular formula is C19H20N2O5. The summed E-state index contributed by atoms with van der Waals surface area (Å²) >= 11 is 0. The van der Waals surface area contributed by atoms with E-state index in [-0.39, 0.29) is 17.4 Å².